The van der Waals surface area contributed by atoms with Crippen LogP contribution < -0.4 is 9.47 Å². The first-order valence-electron chi connectivity index (χ1n) is 7.92. The monoisotopic (exact) mass is 389 g/mol. The maximum atomic E-state index is 12.9. The molecular formula is C19H20BrNO3. The van der Waals surface area contributed by atoms with E-state index in [0.29, 0.717) is 5.56 Å². The van der Waals surface area contributed by atoms with Crippen molar-refractivity contribution in [2.75, 3.05) is 20.8 Å². The van der Waals surface area contributed by atoms with Crippen LogP contribution in [0.15, 0.2) is 46.9 Å². The molecule has 4 nitrogen and oxygen atoms in total. The first kappa shape index (κ1) is 16.8. The molecule has 0 aliphatic carbocycles. The summed E-state index contributed by atoms with van der Waals surface area (Å²) in [5.41, 5.74) is 1.82. The number of carbonyl (C=O) groups excluding carboxylic acids is 1. The van der Waals surface area contributed by atoms with Gasteiger partial charge in [0.25, 0.3) is 5.91 Å². The lowest BCUT2D eigenvalue weighted by molar-refractivity contribution is 0.0735. The van der Waals surface area contributed by atoms with Gasteiger partial charge in [-0.3, -0.25) is 4.79 Å². The van der Waals surface area contributed by atoms with Gasteiger partial charge in [0, 0.05) is 12.1 Å². The van der Waals surface area contributed by atoms with Crippen LogP contribution in [0.1, 0.15) is 34.8 Å². The molecule has 1 atom stereocenters. The van der Waals surface area contributed by atoms with Crippen LogP contribution in [0.5, 0.6) is 11.5 Å². The Bertz CT molecular complexity index is 730. The number of methoxy groups -OCH3 is 2. The molecule has 0 saturated carbocycles. The molecule has 1 aliphatic rings. The van der Waals surface area contributed by atoms with Gasteiger partial charge in [0.15, 0.2) is 0 Å². The van der Waals surface area contributed by atoms with Gasteiger partial charge in [0.1, 0.15) is 11.5 Å². The smallest absolute Gasteiger partial charge is 0.254 e. The van der Waals surface area contributed by atoms with Crippen LogP contribution in [0, 0.1) is 0 Å². The molecule has 1 amide bonds. The van der Waals surface area contributed by atoms with Crippen LogP contribution in [-0.2, 0) is 0 Å². The maximum Gasteiger partial charge on any atom is 0.254 e. The summed E-state index contributed by atoms with van der Waals surface area (Å²) < 4.78 is 11.2. The number of hydrogen-bond donors (Lipinski definition) is 0. The number of likely N-dealkylation sites (tertiary alicyclic amines) is 1. The number of hydrogen-bond acceptors (Lipinski definition) is 3. The zero-order chi connectivity index (χ0) is 17.1. The summed E-state index contributed by atoms with van der Waals surface area (Å²) in [7, 11) is 3.27. The Morgan fingerprint density at radius 3 is 2.50 bits per heavy atom. The Morgan fingerprint density at radius 1 is 1.12 bits per heavy atom. The largest absolute Gasteiger partial charge is 0.497 e. The molecule has 0 aromatic heterocycles. The second kappa shape index (κ2) is 7.26. The molecule has 1 saturated heterocycles. The SMILES string of the molecule is COc1ccc([C@H]2CCCN2C(=O)c2ccc(OC)c(Br)c2)cc1. The van der Waals surface area contributed by atoms with E-state index in [1.54, 1.807) is 14.2 Å². The van der Waals surface area contributed by atoms with Crippen molar-refractivity contribution < 1.29 is 14.3 Å². The van der Waals surface area contributed by atoms with Crippen molar-refractivity contribution in [1.82, 2.24) is 4.90 Å². The standard InChI is InChI=1S/C19H20BrNO3/c1-23-15-8-5-13(6-9-15)17-4-3-11-21(17)19(22)14-7-10-18(24-2)16(20)12-14/h5-10,12,17H,3-4,11H2,1-2H3/t17-/m1/s1. The van der Waals surface area contributed by atoms with Gasteiger partial charge in [0.05, 0.1) is 24.7 Å². The highest BCUT2D eigenvalue weighted by molar-refractivity contribution is 9.10. The minimum Gasteiger partial charge on any atom is -0.497 e. The van der Waals surface area contributed by atoms with Crippen molar-refractivity contribution in [1.29, 1.82) is 0 Å². The fourth-order valence-corrected chi connectivity index (χ4v) is 3.69. The van der Waals surface area contributed by atoms with Crippen LogP contribution in [0.25, 0.3) is 0 Å². The van der Waals surface area contributed by atoms with E-state index in [2.05, 4.69) is 15.9 Å². The normalized spacial score (nSPS) is 17.0. The molecule has 0 radical (unpaired) electrons. The van der Waals surface area contributed by atoms with Crippen molar-refractivity contribution in [2.45, 2.75) is 18.9 Å². The molecule has 0 unspecified atom stereocenters. The van der Waals surface area contributed by atoms with Gasteiger partial charge >= 0.3 is 0 Å². The molecule has 0 N–H and O–H groups in total. The van der Waals surface area contributed by atoms with Crippen LogP contribution in [0.2, 0.25) is 0 Å². The Balaban J connectivity index is 1.84. The number of benzene rings is 2. The fraction of sp³-hybridized carbons (Fsp3) is 0.316. The van der Waals surface area contributed by atoms with Gasteiger partial charge in [-0.1, -0.05) is 12.1 Å². The maximum absolute atomic E-state index is 12.9. The van der Waals surface area contributed by atoms with E-state index in [9.17, 15) is 4.79 Å². The van der Waals surface area contributed by atoms with Crippen LogP contribution in [0.4, 0.5) is 0 Å². The van der Waals surface area contributed by atoms with Gasteiger partial charge in [-0.15, -0.1) is 0 Å². The fourth-order valence-electron chi connectivity index (χ4n) is 3.15. The first-order chi connectivity index (χ1) is 11.6. The molecule has 2 aromatic carbocycles. The van der Waals surface area contributed by atoms with E-state index < -0.39 is 0 Å². The average molecular weight is 390 g/mol. The third-order valence-electron chi connectivity index (χ3n) is 4.41. The summed E-state index contributed by atoms with van der Waals surface area (Å²) in [5, 5.41) is 0. The highest BCUT2D eigenvalue weighted by atomic mass is 79.9. The van der Waals surface area contributed by atoms with Crippen molar-refractivity contribution >= 4 is 21.8 Å². The molecule has 2 aromatic rings. The Labute approximate surface area is 150 Å². The summed E-state index contributed by atoms with van der Waals surface area (Å²) in [5.74, 6) is 1.60. The summed E-state index contributed by atoms with van der Waals surface area (Å²) in [6.07, 6.45) is 2.00. The third-order valence-corrected chi connectivity index (χ3v) is 5.03. The summed E-state index contributed by atoms with van der Waals surface area (Å²) in [6.45, 7) is 0.777. The summed E-state index contributed by atoms with van der Waals surface area (Å²) in [4.78, 5) is 14.9. The molecule has 3 rings (SSSR count). The lowest BCUT2D eigenvalue weighted by Crippen LogP contribution is -2.30. The topological polar surface area (TPSA) is 38.8 Å². The zero-order valence-corrected chi connectivity index (χ0v) is 15.4. The second-order valence-electron chi connectivity index (χ2n) is 5.78. The van der Waals surface area contributed by atoms with E-state index in [1.165, 1.54) is 0 Å². The van der Waals surface area contributed by atoms with Crippen LogP contribution in [0.3, 0.4) is 0 Å². The lowest BCUT2D eigenvalue weighted by Gasteiger charge is -2.25. The van der Waals surface area contributed by atoms with Gasteiger partial charge in [-0.25, -0.2) is 0 Å². The van der Waals surface area contributed by atoms with Gasteiger partial charge in [-0.2, -0.15) is 0 Å². The average Bonchev–Trinajstić information content (AvgIpc) is 3.10. The van der Waals surface area contributed by atoms with Crippen molar-refractivity contribution in [3.63, 3.8) is 0 Å². The van der Waals surface area contributed by atoms with Gasteiger partial charge in [-0.05, 0) is 64.7 Å². The van der Waals surface area contributed by atoms with Crippen molar-refractivity contribution in [2.24, 2.45) is 0 Å². The highest BCUT2D eigenvalue weighted by Crippen LogP contribution is 2.35. The second-order valence-corrected chi connectivity index (χ2v) is 6.63. The van der Waals surface area contributed by atoms with E-state index in [4.69, 9.17) is 9.47 Å². The summed E-state index contributed by atoms with van der Waals surface area (Å²) in [6, 6.07) is 13.5. The minimum atomic E-state index is 0.0525. The first-order valence-corrected chi connectivity index (χ1v) is 8.72. The Kier molecular flexibility index (Phi) is 5.09. The number of ether oxygens (including phenoxy) is 2. The van der Waals surface area contributed by atoms with Gasteiger partial charge in [0.2, 0.25) is 0 Å². The van der Waals surface area contributed by atoms with E-state index in [0.717, 1.165) is 40.9 Å². The van der Waals surface area contributed by atoms with Crippen molar-refractivity contribution in [3.05, 3.63) is 58.1 Å². The number of nitrogens with zero attached hydrogens (tertiary/aromatic N) is 1. The molecule has 126 valence electrons. The lowest BCUT2D eigenvalue weighted by atomic mass is 10.0. The zero-order valence-electron chi connectivity index (χ0n) is 13.8. The van der Waals surface area contributed by atoms with E-state index >= 15 is 0 Å². The molecule has 5 heteroatoms. The molecule has 1 fully saturated rings. The van der Waals surface area contributed by atoms with Crippen LogP contribution in [-0.4, -0.2) is 31.6 Å². The predicted octanol–water partition coefficient (Wildman–Crippen LogP) is 4.44. The van der Waals surface area contributed by atoms with E-state index in [-0.39, 0.29) is 11.9 Å². The number of carbonyl (C=O) groups is 1. The molecule has 0 bridgehead atoms. The number of rotatable bonds is 4. The number of halogens is 1. The van der Waals surface area contributed by atoms with Gasteiger partial charge < -0.3 is 14.4 Å². The van der Waals surface area contributed by atoms with Crippen LogP contribution >= 0.6 is 15.9 Å². The molecule has 0 spiro atoms. The molecular weight excluding hydrogens is 370 g/mol. The molecule has 1 aliphatic heterocycles. The van der Waals surface area contributed by atoms with Crippen molar-refractivity contribution in [3.8, 4) is 11.5 Å². The Morgan fingerprint density at radius 2 is 1.88 bits per heavy atom. The minimum absolute atomic E-state index is 0.0525. The summed E-state index contributed by atoms with van der Waals surface area (Å²) >= 11 is 3.45. The number of amides is 1. The van der Waals surface area contributed by atoms with E-state index in [1.807, 2.05) is 47.4 Å². The quantitative estimate of drug-likeness (QED) is 0.775. The predicted molar refractivity (Wildman–Crippen MR) is 96.7 cm³/mol. The third kappa shape index (κ3) is 3.26. The Hall–Kier alpha value is -2.01. The molecule has 24 heavy (non-hydrogen) atoms. The highest BCUT2D eigenvalue weighted by Gasteiger charge is 2.30. The molecule has 1 heterocycles.